The van der Waals surface area contributed by atoms with Crippen LogP contribution in [0.4, 0.5) is 0 Å². The zero-order valence-electron chi connectivity index (χ0n) is 6.62. The molecule has 1 aliphatic rings. The topological polar surface area (TPSA) is 58.3 Å². The van der Waals surface area contributed by atoms with E-state index in [1.807, 2.05) is 0 Å². The molecule has 0 amide bonds. The zero-order chi connectivity index (χ0) is 7.40. The SMILES string of the molecule is Cl.NNC1CCC(CO)CC1. The molecule has 0 spiro atoms. The Morgan fingerprint density at radius 1 is 1.27 bits per heavy atom. The van der Waals surface area contributed by atoms with E-state index in [1.165, 1.54) is 0 Å². The summed E-state index contributed by atoms with van der Waals surface area (Å²) in [4.78, 5) is 0. The van der Waals surface area contributed by atoms with Crippen molar-refractivity contribution in [1.82, 2.24) is 5.43 Å². The van der Waals surface area contributed by atoms with E-state index in [0.29, 0.717) is 18.6 Å². The van der Waals surface area contributed by atoms with Crippen LogP contribution in [0.2, 0.25) is 0 Å². The lowest BCUT2D eigenvalue weighted by molar-refractivity contribution is 0.175. The molecule has 0 saturated heterocycles. The number of halogens is 1. The lowest BCUT2D eigenvalue weighted by atomic mass is 9.87. The van der Waals surface area contributed by atoms with Gasteiger partial charge in [0.15, 0.2) is 0 Å². The van der Waals surface area contributed by atoms with E-state index < -0.39 is 0 Å². The molecule has 0 aromatic heterocycles. The van der Waals surface area contributed by atoms with Crippen molar-refractivity contribution < 1.29 is 5.11 Å². The number of rotatable bonds is 2. The molecule has 11 heavy (non-hydrogen) atoms. The van der Waals surface area contributed by atoms with Gasteiger partial charge in [0.25, 0.3) is 0 Å². The fraction of sp³-hybridized carbons (Fsp3) is 1.00. The minimum absolute atomic E-state index is 0. The lowest BCUT2D eigenvalue weighted by Crippen LogP contribution is -2.38. The normalized spacial score (nSPS) is 31.1. The molecule has 68 valence electrons. The van der Waals surface area contributed by atoms with Gasteiger partial charge in [-0.05, 0) is 31.6 Å². The summed E-state index contributed by atoms with van der Waals surface area (Å²) in [5.74, 6) is 5.81. The van der Waals surface area contributed by atoms with Gasteiger partial charge in [0.05, 0.1) is 0 Å². The van der Waals surface area contributed by atoms with Crippen LogP contribution in [0.1, 0.15) is 25.7 Å². The van der Waals surface area contributed by atoms with Crippen molar-refractivity contribution >= 4 is 12.4 Å². The molecule has 0 atom stereocenters. The van der Waals surface area contributed by atoms with E-state index in [-0.39, 0.29) is 12.4 Å². The Morgan fingerprint density at radius 2 is 1.82 bits per heavy atom. The van der Waals surface area contributed by atoms with Crippen LogP contribution in [0.5, 0.6) is 0 Å². The van der Waals surface area contributed by atoms with Crippen LogP contribution in [0.25, 0.3) is 0 Å². The van der Waals surface area contributed by atoms with Gasteiger partial charge in [0, 0.05) is 12.6 Å². The number of aliphatic hydroxyl groups excluding tert-OH is 1. The standard InChI is InChI=1S/C7H16N2O.ClH/c8-9-7-3-1-6(5-10)2-4-7;/h6-7,9-10H,1-5,8H2;1H. The second-order valence-corrected chi connectivity index (χ2v) is 3.07. The average Bonchev–Trinajstić information content (AvgIpc) is 2.05. The molecule has 0 bridgehead atoms. The minimum atomic E-state index is 0. The summed E-state index contributed by atoms with van der Waals surface area (Å²) in [5, 5.41) is 8.80. The van der Waals surface area contributed by atoms with Gasteiger partial charge in [0.2, 0.25) is 0 Å². The molecule has 0 heterocycles. The molecular formula is C7H17ClN2O. The van der Waals surface area contributed by atoms with Gasteiger partial charge < -0.3 is 5.11 Å². The number of hydrogen-bond donors (Lipinski definition) is 3. The maximum absolute atomic E-state index is 8.80. The average molecular weight is 181 g/mol. The van der Waals surface area contributed by atoms with Crippen molar-refractivity contribution in [3.05, 3.63) is 0 Å². The number of hydrogen-bond acceptors (Lipinski definition) is 3. The summed E-state index contributed by atoms with van der Waals surface area (Å²) in [6.45, 7) is 0.345. The molecule has 1 aliphatic carbocycles. The summed E-state index contributed by atoms with van der Waals surface area (Å²) in [6, 6.07) is 0.489. The first-order valence-electron chi connectivity index (χ1n) is 3.93. The summed E-state index contributed by atoms with van der Waals surface area (Å²) < 4.78 is 0. The van der Waals surface area contributed by atoms with Crippen LogP contribution in [0.3, 0.4) is 0 Å². The Kier molecular flexibility index (Phi) is 5.86. The Balaban J connectivity index is 0.000001000. The molecule has 1 saturated carbocycles. The second kappa shape index (κ2) is 5.77. The number of nitrogens with two attached hydrogens (primary N) is 1. The van der Waals surface area contributed by atoms with Crippen molar-refractivity contribution in [3.63, 3.8) is 0 Å². The van der Waals surface area contributed by atoms with Crippen LogP contribution >= 0.6 is 12.4 Å². The van der Waals surface area contributed by atoms with Crippen molar-refractivity contribution in [2.24, 2.45) is 11.8 Å². The molecule has 0 aliphatic heterocycles. The van der Waals surface area contributed by atoms with E-state index in [4.69, 9.17) is 10.9 Å². The van der Waals surface area contributed by atoms with Gasteiger partial charge in [-0.2, -0.15) is 0 Å². The van der Waals surface area contributed by atoms with Gasteiger partial charge in [-0.15, -0.1) is 12.4 Å². The van der Waals surface area contributed by atoms with Crippen molar-refractivity contribution in [2.75, 3.05) is 6.61 Å². The monoisotopic (exact) mass is 180 g/mol. The number of hydrazine groups is 1. The smallest absolute Gasteiger partial charge is 0.0459 e. The highest BCUT2D eigenvalue weighted by Crippen LogP contribution is 2.22. The van der Waals surface area contributed by atoms with Gasteiger partial charge in [-0.3, -0.25) is 11.3 Å². The first kappa shape index (κ1) is 11.2. The third-order valence-electron chi connectivity index (χ3n) is 2.34. The second-order valence-electron chi connectivity index (χ2n) is 3.07. The first-order chi connectivity index (χ1) is 4.86. The van der Waals surface area contributed by atoms with Crippen LogP contribution in [-0.4, -0.2) is 17.8 Å². The van der Waals surface area contributed by atoms with Crippen molar-refractivity contribution in [1.29, 1.82) is 0 Å². The van der Waals surface area contributed by atoms with Crippen LogP contribution in [0, 0.1) is 5.92 Å². The van der Waals surface area contributed by atoms with Crippen LogP contribution < -0.4 is 11.3 Å². The molecule has 0 radical (unpaired) electrons. The third-order valence-corrected chi connectivity index (χ3v) is 2.34. The Morgan fingerprint density at radius 3 is 2.18 bits per heavy atom. The van der Waals surface area contributed by atoms with Crippen molar-refractivity contribution in [2.45, 2.75) is 31.7 Å². The number of nitrogens with one attached hydrogen (secondary N) is 1. The van der Waals surface area contributed by atoms with E-state index in [0.717, 1.165) is 25.7 Å². The van der Waals surface area contributed by atoms with Gasteiger partial charge >= 0.3 is 0 Å². The fourth-order valence-corrected chi connectivity index (χ4v) is 1.51. The summed E-state index contributed by atoms with van der Waals surface area (Å²) in [6.07, 6.45) is 4.46. The van der Waals surface area contributed by atoms with E-state index in [9.17, 15) is 0 Å². The van der Waals surface area contributed by atoms with E-state index in [1.54, 1.807) is 0 Å². The maximum Gasteiger partial charge on any atom is 0.0459 e. The predicted molar refractivity (Wildman–Crippen MR) is 47.4 cm³/mol. The van der Waals surface area contributed by atoms with Crippen LogP contribution in [0.15, 0.2) is 0 Å². The van der Waals surface area contributed by atoms with Gasteiger partial charge in [-0.25, -0.2) is 0 Å². The number of aliphatic hydroxyl groups is 1. The van der Waals surface area contributed by atoms with E-state index >= 15 is 0 Å². The Bertz CT molecular complexity index is 82.4. The molecule has 0 aromatic rings. The maximum atomic E-state index is 8.80. The first-order valence-corrected chi connectivity index (χ1v) is 3.93. The molecule has 4 heteroatoms. The summed E-state index contributed by atoms with van der Waals surface area (Å²) >= 11 is 0. The highest BCUT2D eigenvalue weighted by atomic mass is 35.5. The minimum Gasteiger partial charge on any atom is -0.396 e. The van der Waals surface area contributed by atoms with Crippen LogP contribution in [-0.2, 0) is 0 Å². The van der Waals surface area contributed by atoms with E-state index in [2.05, 4.69) is 5.43 Å². The zero-order valence-corrected chi connectivity index (χ0v) is 7.44. The summed E-state index contributed by atoms with van der Waals surface area (Å²) in [5.41, 5.74) is 2.77. The molecule has 0 unspecified atom stereocenters. The highest BCUT2D eigenvalue weighted by Gasteiger charge is 2.18. The largest absolute Gasteiger partial charge is 0.396 e. The molecule has 0 aromatic carbocycles. The lowest BCUT2D eigenvalue weighted by Gasteiger charge is -2.26. The fourth-order valence-electron chi connectivity index (χ4n) is 1.51. The molecular weight excluding hydrogens is 164 g/mol. The Hall–Kier alpha value is 0.170. The predicted octanol–water partition coefficient (Wildman–Crippen LogP) is 0.423. The highest BCUT2D eigenvalue weighted by molar-refractivity contribution is 5.85. The molecule has 3 nitrogen and oxygen atoms in total. The molecule has 4 N–H and O–H groups in total. The molecule has 1 fully saturated rings. The molecule has 1 rings (SSSR count). The van der Waals surface area contributed by atoms with Gasteiger partial charge in [-0.1, -0.05) is 0 Å². The Labute approximate surface area is 73.7 Å². The quantitative estimate of drug-likeness (QED) is 0.427. The third kappa shape index (κ3) is 3.38. The van der Waals surface area contributed by atoms with Crippen molar-refractivity contribution in [3.8, 4) is 0 Å². The summed E-state index contributed by atoms with van der Waals surface area (Å²) in [7, 11) is 0. The van der Waals surface area contributed by atoms with Gasteiger partial charge in [0.1, 0.15) is 0 Å².